The number of hydrogen-bond acceptors (Lipinski definition) is 2. The third kappa shape index (κ3) is 4.58. The van der Waals surface area contributed by atoms with Crippen LogP contribution in [0.2, 0.25) is 0 Å². The number of amides is 1. The molecule has 0 bridgehead atoms. The summed E-state index contributed by atoms with van der Waals surface area (Å²) in [6.07, 6.45) is 4.37. The molecule has 1 heterocycles. The van der Waals surface area contributed by atoms with E-state index >= 15 is 0 Å². The van der Waals surface area contributed by atoms with Crippen molar-refractivity contribution in [3.8, 4) is 0 Å². The molecular formula is C22H26N2O. The molecule has 1 amide bonds. The van der Waals surface area contributed by atoms with Crippen LogP contribution in [-0.2, 0) is 0 Å². The molecule has 3 rings (SSSR count). The van der Waals surface area contributed by atoms with E-state index in [0.29, 0.717) is 0 Å². The normalized spacial score (nSPS) is 15.7. The summed E-state index contributed by atoms with van der Waals surface area (Å²) in [6, 6.07) is 16.4. The first-order valence-electron chi connectivity index (χ1n) is 8.94. The molecule has 3 nitrogen and oxygen atoms in total. The fraction of sp³-hybridized carbons (Fsp3) is 0.318. The molecule has 0 saturated carbocycles. The lowest BCUT2D eigenvalue weighted by Crippen LogP contribution is -2.48. The van der Waals surface area contributed by atoms with Crippen molar-refractivity contribution in [3.05, 3.63) is 76.9 Å². The van der Waals surface area contributed by atoms with E-state index in [9.17, 15) is 4.79 Å². The van der Waals surface area contributed by atoms with Crippen molar-refractivity contribution >= 4 is 12.0 Å². The number of piperazine rings is 1. The number of nitrogens with zero attached hydrogens (tertiary/aromatic N) is 2. The first kappa shape index (κ1) is 17.4. The van der Waals surface area contributed by atoms with E-state index in [4.69, 9.17) is 0 Å². The fourth-order valence-corrected chi connectivity index (χ4v) is 3.26. The Hall–Kier alpha value is -2.39. The summed E-state index contributed by atoms with van der Waals surface area (Å²) < 4.78 is 0. The average Bonchev–Trinajstić information content (AvgIpc) is 2.63. The number of carbonyl (C=O) groups is 1. The van der Waals surface area contributed by atoms with Crippen LogP contribution in [0.3, 0.4) is 0 Å². The highest BCUT2D eigenvalue weighted by Crippen LogP contribution is 2.15. The van der Waals surface area contributed by atoms with Crippen molar-refractivity contribution in [2.75, 3.05) is 32.7 Å². The van der Waals surface area contributed by atoms with Crippen LogP contribution >= 0.6 is 0 Å². The van der Waals surface area contributed by atoms with Gasteiger partial charge in [0.15, 0.2) is 0 Å². The molecule has 1 fully saturated rings. The van der Waals surface area contributed by atoms with Crippen molar-refractivity contribution in [1.82, 2.24) is 9.80 Å². The van der Waals surface area contributed by atoms with Gasteiger partial charge in [0.25, 0.3) is 5.91 Å². The van der Waals surface area contributed by atoms with Gasteiger partial charge in [-0.1, -0.05) is 60.2 Å². The SMILES string of the molecule is Cc1ccc(C(=O)N2CCN(CC=Cc3ccccc3)CC2)c(C)c1. The Labute approximate surface area is 150 Å². The smallest absolute Gasteiger partial charge is 0.254 e. The number of aryl methyl sites for hydroxylation is 2. The van der Waals surface area contributed by atoms with Crippen molar-refractivity contribution < 1.29 is 4.79 Å². The van der Waals surface area contributed by atoms with Gasteiger partial charge < -0.3 is 4.90 Å². The van der Waals surface area contributed by atoms with Gasteiger partial charge in [-0.3, -0.25) is 9.69 Å². The van der Waals surface area contributed by atoms with Crippen LogP contribution in [0.5, 0.6) is 0 Å². The molecule has 130 valence electrons. The van der Waals surface area contributed by atoms with Crippen LogP contribution in [-0.4, -0.2) is 48.4 Å². The van der Waals surface area contributed by atoms with Gasteiger partial charge in [0, 0.05) is 38.3 Å². The van der Waals surface area contributed by atoms with E-state index in [1.165, 1.54) is 11.1 Å². The Morgan fingerprint density at radius 1 is 1.00 bits per heavy atom. The molecule has 2 aromatic rings. The molecule has 0 aromatic heterocycles. The molecule has 0 atom stereocenters. The van der Waals surface area contributed by atoms with E-state index in [1.54, 1.807) is 0 Å². The standard InChI is InChI=1S/C22H26N2O/c1-18-10-11-21(19(2)17-18)22(25)24-15-13-23(14-16-24)12-6-9-20-7-4-3-5-8-20/h3-11,17H,12-16H2,1-2H3. The zero-order chi connectivity index (χ0) is 17.6. The van der Waals surface area contributed by atoms with Gasteiger partial charge in [-0.25, -0.2) is 0 Å². The second-order valence-electron chi connectivity index (χ2n) is 6.72. The highest BCUT2D eigenvalue weighted by Gasteiger charge is 2.22. The summed E-state index contributed by atoms with van der Waals surface area (Å²) in [7, 11) is 0. The van der Waals surface area contributed by atoms with Crippen LogP contribution in [0.15, 0.2) is 54.6 Å². The maximum Gasteiger partial charge on any atom is 0.254 e. The summed E-state index contributed by atoms with van der Waals surface area (Å²) >= 11 is 0. The Bertz CT molecular complexity index is 744. The number of hydrogen-bond donors (Lipinski definition) is 0. The maximum atomic E-state index is 12.7. The minimum Gasteiger partial charge on any atom is -0.336 e. The topological polar surface area (TPSA) is 23.6 Å². The van der Waals surface area contributed by atoms with Crippen LogP contribution in [0.1, 0.15) is 27.0 Å². The van der Waals surface area contributed by atoms with Crippen molar-refractivity contribution in [3.63, 3.8) is 0 Å². The third-order valence-electron chi connectivity index (χ3n) is 4.75. The quantitative estimate of drug-likeness (QED) is 0.850. The second kappa shape index (κ2) is 8.13. The lowest BCUT2D eigenvalue weighted by atomic mass is 10.0. The third-order valence-corrected chi connectivity index (χ3v) is 4.75. The van der Waals surface area contributed by atoms with Gasteiger partial charge in [-0.15, -0.1) is 0 Å². The summed E-state index contributed by atoms with van der Waals surface area (Å²) in [5.41, 5.74) is 4.33. The summed E-state index contributed by atoms with van der Waals surface area (Å²) in [5, 5.41) is 0. The van der Waals surface area contributed by atoms with Gasteiger partial charge in [-0.05, 0) is 31.0 Å². The van der Waals surface area contributed by atoms with E-state index < -0.39 is 0 Å². The monoisotopic (exact) mass is 334 g/mol. The first-order valence-corrected chi connectivity index (χ1v) is 8.94. The lowest BCUT2D eigenvalue weighted by Gasteiger charge is -2.34. The van der Waals surface area contributed by atoms with Crippen LogP contribution in [0.25, 0.3) is 6.08 Å². The van der Waals surface area contributed by atoms with Gasteiger partial charge in [-0.2, -0.15) is 0 Å². The van der Waals surface area contributed by atoms with Crippen molar-refractivity contribution in [2.24, 2.45) is 0 Å². The minimum absolute atomic E-state index is 0.164. The van der Waals surface area contributed by atoms with Crippen LogP contribution in [0.4, 0.5) is 0 Å². The number of benzene rings is 2. The fourth-order valence-electron chi connectivity index (χ4n) is 3.26. The van der Waals surface area contributed by atoms with Crippen molar-refractivity contribution in [2.45, 2.75) is 13.8 Å². The van der Waals surface area contributed by atoms with Gasteiger partial charge in [0.05, 0.1) is 0 Å². The Morgan fingerprint density at radius 2 is 1.72 bits per heavy atom. The highest BCUT2D eigenvalue weighted by molar-refractivity contribution is 5.95. The average molecular weight is 334 g/mol. The predicted molar refractivity (Wildman–Crippen MR) is 104 cm³/mol. The molecule has 25 heavy (non-hydrogen) atoms. The Morgan fingerprint density at radius 3 is 2.40 bits per heavy atom. The molecule has 2 aromatic carbocycles. The number of rotatable bonds is 4. The lowest BCUT2D eigenvalue weighted by molar-refractivity contribution is 0.0649. The molecule has 1 saturated heterocycles. The molecule has 0 unspecified atom stereocenters. The predicted octanol–water partition coefficient (Wildman–Crippen LogP) is 3.77. The molecule has 0 N–H and O–H groups in total. The molecular weight excluding hydrogens is 308 g/mol. The second-order valence-corrected chi connectivity index (χ2v) is 6.72. The van der Waals surface area contributed by atoms with E-state index in [2.05, 4.69) is 54.3 Å². The van der Waals surface area contributed by atoms with E-state index in [1.807, 2.05) is 30.0 Å². The summed E-state index contributed by atoms with van der Waals surface area (Å²) in [5.74, 6) is 0.164. The highest BCUT2D eigenvalue weighted by atomic mass is 16.2. The Balaban J connectivity index is 1.51. The van der Waals surface area contributed by atoms with Crippen molar-refractivity contribution in [1.29, 1.82) is 0 Å². The zero-order valence-electron chi connectivity index (χ0n) is 15.1. The van der Waals surface area contributed by atoms with Crippen LogP contribution in [0, 0.1) is 13.8 Å². The van der Waals surface area contributed by atoms with E-state index in [0.717, 1.165) is 43.9 Å². The molecule has 0 radical (unpaired) electrons. The summed E-state index contributed by atoms with van der Waals surface area (Å²) in [4.78, 5) is 17.1. The first-order chi connectivity index (χ1) is 12.1. The largest absolute Gasteiger partial charge is 0.336 e. The van der Waals surface area contributed by atoms with Gasteiger partial charge in [0.1, 0.15) is 0 Å². The minimum atomic E-state index is 0.164. The molecule has 1 aliphatic rings. The molecule has 3 heteroatoms. The number of carbonyl (C=O) groups excluding carboxylic acids is 1. The van der Waals surface area contributed by atoms with Crippen LogP contribution < -0.4 is 0 Å². The van der Waals surface area contributed by atoms with Gasteiger partial charge >= 0.3 is 0 Å². The van der Waals surface area contributed by atoms with E-state index in [-0.39, 0.29) is 5.91 Å². The molecule has 1 aliphatic heterocycles. The molecule has 0 spiro atoms. The van der Waals surface area contributed by atoms with Gasteiger partial charge in [0.2, 0.25) is 0 Å². The maximum absolute atomic E-state index is 12.7. The summed E-state index contributed by atoms with van der Waals surface area (Å²) in [6.45, 7) is 8.45. The Kier molecular flexibility index (Phi) is 5.67. The zero-order valence-corrected chi connectivity index (χ0v) is 15.1. The molecule has 0 aliphatic carbocycles.